The van der Waals surface area contributed by atoms with Gasteiger partial charge in [0.2, 0.25) is 0 Å². The fraction of sp³-hybridized carbons (Fsp3) is 1.00. The molecule has 86 valence electrons. The van der Waals surface area contributed by atoms with E-state index in [4.69, 9.17) is 8.44 Å². The second-order valence-electron chi connectivity index (χ2n) is 4.36. The van der Waals surface area contributed by atoms with Gasteiger partial charge in [0, 0.05) is 0 Å². The standard InChI is InChI=1S/3C3H7O.CH3.Zr/c3*1-3(2)4;;/h3*3H,1-2H3;1H3;/q3*-1;;+3. The zero-order valence-corrected chi connectivity index (χ0v) is 12.9. The van der Waals surface area contributed by atoms with Gasteiger partial charge < -0.3 is 0 Å². The van der Waals surface area contributed by atoms with Gasteiger partial charge in [-0.3, -0.25) is 0 Å². The summed E-state index contributed by atoms with van der Waals surface area (Å²) < 4.78 is 19.5. The summed E-state index contributed by atoms with van der Waals surface area (Å²) >= 11 is -3.21. The Kier molecular flexibility index (Phi) is 6.72. The molecule has 0 saturated carbocycles. The first-order chi connectivity index (χ1) is 6.25. The van der Waals surface area contributed by atoms with Gasteiger partial charge in [-0.05, 0) is 0 Å². The molecule has 0 spiro atoms. The fourth-order valence-corrected chi connectivity index (χ4v) is 8.09. The molecule has 0 radical (unpaired) electrons. The number of hydrogen-bond donors (Lipinski definition) is 0. The van der Waals surface area contributed by atoms with Gasteiger partial charge in [0.25, 0.3) is 0 Å². The zero-order valence-electron chi connectivity index (χ0n) is 10.5. The molecule has 0 atom stereocenters. The molecule has 0 rings (SSSR count). The van der Waals surface area contributed by atoms with Crippen LogP contribution in [-0.2, 0) is 30.0 Å². The Bertz CT molecular complexity index is 131. The molecular weight excluding hydrogens is 259 g/mol. The summed E-state index contributed by atoms with van der Waals surface area (Å²) in [7, 11) is 0. The van der Waals surface area contributed by atoms with Crippen LogP contribution in [0.3, 0.4) is 0 Å². The van der Waals surface area contributed by atoms with Crippen LogP contribution < -0.4 is 0 Å². The van der Waals surface area contributed by atoms with Crippen LogP contribution in [0.2, 0.25) is 4.63 Å². The molecule has 0 fully saturated rings. The summed E-state index contributed by atoms with van der Waals surface area (Å²) in [4.78, 5) is 0. The van der Waals surface area contributed by atoms with Gasteiger partial charge >= 0.3 is 94.5 Å². The Balaban J connectivity index is 4.32. The Labute approximate surface area is 94.4 Å². The van der Waals surface area contributed by atoms with Crippen molar-refractivity contribution in [2.45, 2.75) is 64.5 Å². The van der Waals surface area contributed by atoms with Crippen molar-refractivity contribution in [3.8, 4) is 0 Å². The van der Waals surface area contributed by atoms with Crippen molar-refractivity contribution >= 4 is 0 Å². The third kappa shape index (κ3) is 7.11. The van der Waals surface area contributed by atoms with Crippen molar-refractivity contribution in [1.29, 1.82) is 0 Å². The molecule has 0 bridgehead atoms. The third-order valence-electron chi connectivity index (χ3n) is 1.35. The number of rotatable bonds is 6. The Morgan fingerprint density at radius 3 is 1.00 bits per heavy atom. The van der Waals surface area contributed by atoms with E-state index in [0.29, 0.717) is 0 Å². The van der Waals surface area contributed by atoms with Gasteiger partial charge in [-0.15, -0.1) is 0 Å². The van der Waals surface area contributed by atoms with E-state index in [1.807, 2.05) is 46.2 Å². The molecule has 0 aromatic rings. The molecule has 14 heavy (non-hydrogen) atoms. The first-order valence-electron chi connectivity index (χ1n) is 5.28. The fourth-order valence-electron chi connectivity index (χ4n) is 1.37. The summed E-state index contributed by atoms with van der Waals surface area (Å²) in [5, 5.41) is 0. The van der Waals surface area contributed by atoms with E-state index >= 15 is 0 Å². The van der Waals surface area contributed by atoms with Gasteiger partial charge in [-0.25, -0.2) is 0 Å². The molecule has 3 nitrogen and oxygen atoms in total. The predicted molar refractivity (Wildman–Crippen MR) is 54.5 cm³/mol. The molecule has 0 amide bonds. The average Bonchev–Trinajstić information content (AvgIpc) is 1.76. The van der Waals surface area contributed by atoms with E-state index in [2.05, 4.69) is 0 Å². The molecule has 0 aromatic heterocycles. The second kappa shape index (κ2) is 6.37. The van der Waals surface area contributed by atoms with Crippen molar-refractivity contribution in [3.63, 3.8) is 0 Å². The van der Waals surface area contributed by atoms with E-state index < -0.39 is 21.6 Å². The molecule has 0 unspecified atom stereocenters. The zero-order chi connectivity index (χ0) is 11.4. The topological polar surface area (TPSA) is 27.7 Å². The molecule has 0 N–H and O–H groups in total. The molecule has 0 aliphatic carbocycles. The van der Waals surface area contributed by atoms with Crippen LogP contribution in [0, 0.1) is 0 Å². The van der Waals surface area contributed by atoms with Crippen LogP contribution in [0.1, 0.15) is 41.5 Å². The molecule has 4 heteroatoms. The Morgan fingerprint density at radius 2 is 0.857 bits per heavy atom. The third-order valence-corrected chi connectivity index (χ3v) is 7.98. The second-order valence-corrected chi connectivity index (χ2v) is 10.3. The first kappa shape index (κ1) is 14.8. The van der Waals surface area contributed by atoms with Crippen LogP contribution in [0.25, 0.3) is 0 Å². The Morgan fingerprint density at radius 1 is 0.643 bits per heavy atom. The Hall–Kier alpha value is 0.763. The van der Waals surface area contributed by atoms with Crippen LogP contribution in [-0.4, -0.2) is 18.3 Å². The van der Waals surface area contributed by atoms with E-state index in [0.717, 1.165) is 0 Å². The first-order valence-corrected chi connectivity index (χ1v) is 10.8. The van der Waals surface area contributed by atoms with Crippen LogP contribution in [0.15, 0.2) is 0 Å². The molecule has 0 aromatic carbocycles. The summed E-state index contributed by atoms with van der Waals surface area (Å²) in [5.74, 6) is 0. The van der Waals surface area contributed by atoms with Crippen molar-refractivity contribution in [2.75, 3.05) is 0 Å². The molecule has 0 heterocycles. The molecule has 0 aliphatic heterocycles. The normalized spacial score (nSPS) is 13.3. The van der Waals surface area contributed by atoms with Crippen molar-refractivity contribution in [1.82, 2.24) is 0 Å². The number of hydrogen-bond acceptors (Lipinski definition) is 3. The van der Waals surface area contributed by atoms with E-state index in [9.17, 15) is 0 Å². The van der Waals surface area contributed by atoms with Gasteiger partial charge in [-0.2, -0.15) is 0 Å². The molecular formula is C10H24O3Zr. The van der Waals surface area contributed by atoms with Gasteiger partial charge in [-0.1, -0.05) is 0 Å². The van der Waals surface area contributed by atoms with Crippen LogP contribution >= 0.6 is 0 Å². The summed E-state index contributed by atoms with van der Waals surface area (Å²) in [6.07, 6.45) is 0.523. The van der Waals surface area contributed by atoms with Crippen molar-refractivity contribution in [3.05, 3.63) is 0 Å². The van der Waals surface area contributed by atoms with Crippen LogP contribution in [0.4, 0.5) is 0 Å². The minimum atomic E-state index is -3.21. The molecule has 0 aliphatic rings. The molecule has 0 saturated heterocycles. The van der Waals surface area contributed by atoms with Gasteiger partial charge in [0.05, 0.1) is 0 Å². The quantitative estimate of drug-likeness (QED) is 0.749. The van der Waals surface area contributed by atoms with Gasteiger partial charge in [0.1, 0.15) is 0 Å². The van der Waals surface area contributed by atoms with E-state index in [1.165, 1.54) is 0 Å². The van der Waals surface area contributed by atoms with Crippen molar-refractivity contribution < 1.29 is 30.0 Å². The maximum absolute atomic E-state index is 5.82. The summed E-state index contributed by atoms with van der Waals surface area (Å²) in [6.45, 7) is 12.1. The summed E-state index contributed by atoms with van der Waals surface area (Å²) in [6, 6.07) is 0. The van der Waals surface area contributed by atoms with Crippen LogP contribution in [0.5, 0.6) is 0 Å². The van der Waals surface area contributed by atoms with Gasteiger partial charge in [0.15, 0.2) is 0 Å². The average molecular weight is 284 g/mol. The predicted octanol–water partition coefficient (Wildman–Crippen LogP) is 3.21. The minimum absolute atomic E-state index is 0.174. The SMILES string of the molecule is CC(C)[O][Zr]([CH3])([O]C(C)C)[O]C(C)C. The monoisotopic (exact) mass is 282 g/mol. The summed E-state index contributed by atoms with van der Waals surface area (Å²) in [5.41, 5.74) is 0. The van der Waals surface area contributed by atoms with Crippen molar-refractivity contribution in [2.24, 2.45) is 0 Å². The van der Waals surface area contributed by atoms with E-state index in [-0.39, 0.29) is 18.3 Å². The van der Waals surface area contributed by atoms with E-state index in [1.54, 1.807) is 0 Å². The maximum atomic E-state index is 5.82.